The topological polar surface area (TPSA) is 56.8 Å². The zero-order valence-corrected chi connectivity index (χ0v) is 14.9. The molecule has 0 atom stereocenters. The van der Waals surface area contributed by atoms with E-state index in [2.05, 4.69) is 10.1 Å². The van der Waals surface area contributed by atoms with E-state index in [1.807, 2.05) is 12.1 Å². The molecule has 0 fully saturated rings. The van der Waals surface area contributed by atoms with Crippen LogP contribution in [0, 0.1) is 0 Å². The average Bonchev–Trinajstić information content (AvgIpc) is 2.70. The van der Waals surface area contributed by atoms with Gasteiger partial charge >= 0.3 is 6.61 Å². The van der Waals surface area contributed by atoms with E-state index < -0.39 is 12.5 Å². The maximum atomic E-state index is 12.5. The van der Waals surface area contributed by atoms with Gasteiger partial charge in [-0.1, -0.05) is 24.3 Å². The molecule has 144 valence electrons. The van der Waals surface area contributed by atoms with Gasteiger partial charge in [-0.05, 0) is 48.5 Å². The molecule has 1 amide bonds. The molecule has 0 aromatic heterocycles. The van der Waals surface area contributed by atoms with Crippen LogP contribution in [0.5, 0.6) is 23.0 Å². The van der Waals surface area contributed by atoms with Crippen molar-refractivity contribution in [2.24, 2.45) is 0 Å². The molecule has 3 aromatic rings. The number of rotatable bonds is 7. The third-order valence-electron chi connectivity index (χ3n) is 3.76. The molecular weight excluding hydrogens is 368 g/mol. The minimum atomic E-state index is -3.01. The van der Waals surface area contributed by atoms with Crippen molar-refractivity contribution < 1.29 is 27.8 Å². The minimum Gasteiger partial charge on any atom is -0.493 e. The predicted octanol–water partition coefficient (Wildman–Crippen LogP) is 5.34. The minimum absolute atomic E-state index is 0.0112. The summed E-state index contributed by atoms with van der Waals surface area (Å²) >= 11 is 0. The van der Waals surface area contributed by atoms with Crippen molar-refractivity contribution in [1.82, 2.24) is 0 Å². The fourth-order valence-electron chi connectivity index (χ4n) is 2.49. The molecule has 0 saturated heterocycles. The lowest BCUT2D eigenvalue weighted by Gasteiger charge is -2.12. The van der Waals surface area contributed by atoms with Gasteiger partial charge in [0, 0.05) is 5.69 Å². The van der Waals surface area contributed by atoms with Gasteiger partial charge in [-0.15, -0.1) is 0 Å². The molecule has 0 spiro atoms. The van der Waals surface area contributed by atoms with Gasteiger partial charge in [0.05, 0.1) is 12.7 Å². The maximum Gasteiger partial charge on any atom is 0.387 e. The van der Waals surface area contributed by atoms with Crippen LogP contribution in [0.4, 0.5) is 14.5 Å². The first-order valence-electron chi connectivity index (χ1n) is 8.33. The molecule has 0 bridgehead atoms. The van der Waals surface area contributed by atoms with Crippen LogP contribution < -0.4 is 19.5 Å². The number of para-hydroxylation sites is 3. The quantitative estimate of drug-likeness (QED) is 0.596. The number of methoxy groups -OCH3 is 1. The lowest BCUT2D eigenvalue weighted by molar-refractivity contribution is -0.0501. The smallest absolute Gasteiger partial charge is 0.387 e. The van der Waals surface area contributed by atoms with Crippen molar-refractivity contribution in [3.05, 3.63) is 78.4 Å². The van der Waals surface area contributed by atoms with E-state index in [1.54, 1.807) is 49.6 Å². The van der Waals surface area contributed by atoms with Gasteiger partial charge in [0.2, 0.25) is 0 Å². The molecule has 0 saturated carbocycles. The Hall–Kier alpha value is -3.61. The summed E-state index contributed by atoms with van der Waals surface area (Å²) in [5.41, 5.74) is 0.487. The summed E-state index contributed by atoms with van der Waals surface area (Å²) in [6, 6.07) is 19.6. The summed E-state index contributed by atoms with van der Waals surface area (Å²) in [6.45, 7) is -3.01. The van der Waals surface area contributed by atoms with E-state index in [-0.39, 0.29) is 11.3 Å². The zero-order valence-electron chi connectivity index (χ0n) is 14.9. The van der Waals surface area contributed by atoms with Gasteiger partial charge in [-0.25, -0.2) is 0 Å². The summed E-state index contributed by atoms with van der Waals surface area (Å²) in [7, 11) is 1.55. The number of nitrogens with one attached hydrogen (secondary N) is 1. The largest absolute Gasteiger partial charge is 0.493 e. The van der Waals surface area contributed by atoms with Crippen LogP contribution in [0.3, 0.4) is 0 Å². The van der Waals surface area contributed by atoms with E-state index in [0.717, 1.165) is 0 Å². The lowest BCUT2D eigenvalue weighted by Crippen LogP contribution is -2.14. The van der Waals surface area contributed by atoms with Crippen LogP contribution in [0.15, 0.2) is 72.8 Å². The fourth-order valence-corrected chi connectivity index (χ4v) is 2.49. The van der Waals surface area contributed by atoms with Crippen molar-refractivity contribution in [2.75, 3.05) is 12.4 Å². The number of ether oxygens (including phenoxy) is 3. The molecule has 0 radical (unpaired) electrons. The van der Waals surface area contributed by atoms with Gasteiger partial charge < -0.3 is 19.5 Å². The second-order valence-corrected chi connectivity index (χ2v) is 5.61. The van der Waals surface area contributed by atoms with Crippen molar-refractivity contribution in [3.8, 4) is 23.0 Å². The Morgan fingerprint density at radius 2 is 1.46 bits per heavy atom. The number of anilines is 1. The Morgan fingerprint density at radius 1 is 0.857 bits per heavy atom. The maximum absolute atomic E-state index is 12.5. The molecule has 0 aliphatic rings. The highest BCUT2D eigenvalue weighted by Crippen LogP contribution is 2.31. The molecule has 1 N–H and O–H groups in total. The summed E-state index contributed by atoms with van der Waals surface area (Å²) in [6.07, 6.45) is 0. The number of hydrogen-bond acceptors (Lipinski definition) is 4. The first kappa shape index (κ1) is 19.2. The summed E-state index contributed by atoms with van der Waals surface area (Å²) in [5, 5.41) is 2.64. The normalized spacial score (nSPS) is 10.4. The van der Waals surface area contributed by atoms with Crippen molar-refractivity contribution in [2.45, 2.75) is 6.61 Å². The Balaban J connectivity index is 1.70. The van der Waals surface area contributed by atoms with E-state index in [1.165, 1.54) is 18.2 Å². The van der Waals surface area contributed by atoms with E-state index >= 15 is 0 Å². The molecule has 5 nitrogen and oxygen atoms in total. The predicted molar refractivity (Wildman–Crippen MR) is 101 cm³/mol. The van der Waals surface area contributed by atoms with Crippen LogP contribution in [-0.2, 0) is 0 Å². The lowest BCUT2D eigenvalue weighted by atomic mass is 10.2. The fraction of sp³-hybridized carbons (Fsp3) is 0.0952. The Labute approximate surface area is 160 Å². The van der Waals surface area contributed by atoms with Gasteiger partial charge in [0.15, 0.2) is 11.5 Å². The van der Waals surface area contributed by atoms with Crippen molar-refractivity contribution in [1.29, 1.82) is 0 Å². The Morgan fingerprint density at radius 3 is 2.11 bits per heavy atom. The molecule has 3 aromatic carbocycles. The van der Waals surface area contributed by atoms with Gasteiger partial charge in [0.25, 0.3) is 5.91 Å². The standard InChI is InChI=1S/C21H17F2NO4/c1-26-18-8-4-5-9-19(18)27-15-12-10-14(11-13-15)24-20(25)16-6-2-3-7-17(16)28-21(22)23/h2-13,21H,1H3,(H,24,25). The third kappa shape index (κ3) is 4.76. The van der Waals surface area contributed by atoms with Crippen LogP contribution in [-0.4, -0.2) is 19.6 Å². The third-order valence-corrected chi connectivity index (χ3v) is 3.76. The zero-order chi connectivity index (χ0) is 19.9. The molecule has 3 rings (SSSR count). The SMILES string of the molecule is COc1ccccc1Oc1ccc(NC(=O)c2ccccc2OC(F)F)cc1. The van der Waals surface area contributed by atoms with Crippen LogP contribution in [0.2, 0.25) is 0 Å². The van der Waals surface area contributed by atoms with Gasteiger partial charge in [0.1, 0.15) is 11.5 Å². The summed E-state index contributed by atoms with van der Waals surface area (Å²) in [5.74, 6) is 0.945. The molecule has 0 aliphatic heterocycles. The molecule has 0 unspecified atom stereocenters. The number of halogens is 2. The van der Waals surface area contributed by atoms with Gasteiger partial charge in [-0.3, -0.25) is 4.79 Å². The van der Waals surface area contributed by atoms with Crippen molar-refractivity contribution in [3.63, 3.8) is 0 Å². The van der Waals surface area contributed by atoms with E-state index in [0.29, 0.717) is 22.9 Å². The van der Waals surface area contributed by atoms with Crippen molar-refractivity contribution >= 4 is 11.6 Å². The first-order valence-corrected chi connectivity index (χ1v) is 8.33. The Bertz CT molecular complexity index is 945. The van der Waals surface area contributed by atoms with Gasteiger partial charge in [-0.2, -0.15) is 8.78 Å². The monoisotopic (exact) mass is 385 g/mol. The number of alkyl halides is 2. The van der Waals surface area contributed by atoms with Crippen LogP contribution in [0.1, 0.15) is 10.4 Å². The molecule has 0 heterocycles. The number of benzene rings is 3. The van der Waals surface area contributed by atoms with Crippen LogP contribution in [0.25, 0.3) is 0 Å². The second-order valence-electron chi connectivity index (χ2n) is 5.61. The van der Waals surface area contributed by atoms with Crippen LogP contribution >= 0.6 is 0 Å². The highest BCUT2D eigenvalue weighted by Gasteiger charge is 2.15. The highest BCUT2D eigenvalue weighted by atomic mass is 19.3. The molecular formula is C21H17F2NO4. The average molecular weight is 385 g/mol. The van der Waals surface area contributed by atoms with E-state index in [4.69, 9.17) is 9.47 Å². The highest BCUT2D eigenvalue weighted by molar-refractivity contribution is 6.06. The molecule has 7 heteroatoms. The Kier molecular flexibility index (Phi) is 6.06. The second kappa shape index (κ2) is 8.85. The molecule has 0 aliphatic carbocycles. The number of carbonyl (C=O) groups excluding carboxylic acids is 1. The first-order chi connectivity index (χ1) is 13.6. The number of hydrogen-bond donors (Lipinski definition) is 1. The summed E-state index contributed by atoms with van der Waals surface area (Å²) in [4.78, 5) is 12.4. The summed E-state index contributed by atoms with van der Waals surface area (Å²) < 4.78 is 40.4. The van der Waals surface area contributed by atoms with E-state index in [9.17, 15) is 13.6 Å². The number of carbonyl (C=O) groups is 1. The number of amides is 1. The molecule has 28 heavy (non-hydrogen) atoms.